The summed E-state index contributed by atoms with van der Waals surface area (Å²) in [5.74, 6) is 1.67. The van der Waals surface area contributed by atoms with Crippen molar-refractivity contribution in [2.24, 2.45) is 0 Å². The van der Waals surface area contributed by atoms with Crippen molar-refractivity contribution in [1.82, 2.24) is 34.3 Å². The number of ether oxygens (including phenoxy) is 1. The summed E-state index contributed by atoms with van der Waals surface area (Å²) in [4.78, 5) is 14.0. The molecule has 8 heteroatoms. The molecule has 0 amide bonds. The fourth-order valence-electron chi connectivity index (χ4n) is 4.90. The molecule has 0 radical (unpaired) electrons. The first-order valence-electron chi connectivity index (χ1n) is 11.8. The number of rotatable bonds is 4. The van der Waals surface area contributed by atoms with Crippen molar-refractivity contribution in [3.8, 4) is 17.4 Å². The van der Waals surface area contributed by atoms with Gasteiger partial charge >= 0.3 is 0 Å². The first-order valence-corrected chi connectivity index (χ1v) is 11.8. The van der Waals surface area contributed by atoms with Crippen molar-refractivity contribution >= 4 is 5.65 Å². The monoisotopic (exact) mass is 471 g/mol. The van der Waals surface area contributed by atoms with Crippen molar-refractivity contribution in [2.45, 2.75) is 19.3 Å². The van der Waals surface area contributed by atoms with Crippen molar-refractivity contribution in [2.75, 3.05) is 0 Å². The minimum Gasteiger partial charge on any atom is -0.420 e. The number of aryl methyl sites for hydroxylation is 1. The standard InChI is InChI=1S/C28H21N7O/c1-18-23-24(20-11-8-14-29-16-20)25-26-31-22(15-19-9-4-2-5-10-19)33-34(26)17-30-27(25)36-28(23)35(32-18)21-12-6-3-7-13-21/h2-14,16-17,24H,15H2,1H3/t24-/m0/s1. The van der Waals surface area contributed by atoms with E-state index in [4.69, 9.17) is 19.9 Å². The number of hydrogen-bond donors (Lipinski definition) is 0. The Labute approximate surface area is 206 Å². The Morgan fingerprint density at radius 1 is 0.889 bits per heavy atom. The zero-order valence-electron chi connectivity index (χ0n) is 19.5. The molecule has 6 aromatic rings. The number of pyridine rings is 1. The minimum absolute atomic E-state index is 0.208. The van der Waals surface area contributed by atoms with Crippen molar-refractivity contribution in [3.63, 3.8) is 0 Å². The van der Waals surface area contributed by atoms with Gasteiger partial charge in [-0.2, -0.15) is 5.10 Å². The first kappa shape index (κ1) is 20.5. The minimum atomic E-state index is -0.208. The van der Waals surface area contributed by atoms with Gasteiger partial charge in [0.1, 0.15) is 6.33 Å². The normalized spacial score (nSPS) is 14.3. The number of para-hydroxylation sites is 1. The fourth-order valence-corrected chi connectivity index (χ4v) is 4.90. The summed E-state index contributed by atoms with van der Waals surface area (Å²) in [6.45, 7) is 2.01. The summed E-state index contributed by atoms with van der Waals surface area (Å²) >= 11 is 0. The molecule has 1 atom stereocenters. The summed E-state index contributed by atoms with van der Waals surface area (Å²) < 4.78 is 10.0. The molecule has 174 valence electrons. The van der Waals surface area contributed by atoms with Gasteiger partial charge in [0.2, 0.25) is 11.8 Å². The smallest absolute Gasteiger partial charge is 0.230 e. The van der Waals surface area contributed by atoms with E-state index in [0.29, 0.717) is 18.2 Å². The van der Waals surface area contributed by atoms with E-state index in [1.54, 1.807) is 17.0 Å². The molecule has 2 aromatic carbocycles. The SMILES string of the molecule is Cc1nn(-c2ccccc2)c2c1[C@H](c1cccnc1)c1c(ncn3nc(Cc4ccccc4)nc13)O2. The number of nitrogens with zero attached hydrogens (tertiary/aromatic N) is 7. The zero-order chi connectivity index (χ0) is 24.1. The Hall–Kier alpha value is -4.85. The molecule has 4 aromatic heterocycles. The molecule has 0 unspecified atom stereocenters. The zero-order valence-corrected chi connectivity index (χ0v) is 19.5. The first-order chi connectivity index (χ1) is 17.8. The van der Waals surface area contributed by atoms with Crippen LogP contribution in [0.3, 0.4) is 0 Å². The van der Waals surface area contributed by atoms with Crippen LogP contribution in [-0.2, 0) is 6.42 Å². The average Bonchev–Trinajstić information content (AvgIpc) is 3.49. The predicted molar refractivity (Wildman–Crippen MR) is 134 cm³/mol. The lowest BCUT2D eigenvalue weighted by Gasteiger charge is -2.26. The van der Waals surface area contributed by atoms with Crippen LogP contribution in [0, 0.1) is 6.92 Å². The molecule has 0 saturated heterocycles. The van der Waals surface area contributed by atoms with Crippen LogP contribution < -0.4 is 4.74 Å². The maximum Gasteiger partial charge on any atom is 0.230 e. The maximum absolute atomic E-state index is 6.46. The van der Waals surface area contributed by atoms with Gasteiger partial charge in [-0.25, -0.2) is 19.2 Å². The lowest BCUT2D eigenvalue weighted by Crippen LogP contribution is -2.16. The van der Waals surface area contributed by atoms with Crippen LogP contribution in [0.2, 0.25) is 0 Å². The molecule has 0 spiro atoms. The Kier molecular flexibility index (Phi) is 4.63. The van der Waals surface area contributed by atoms with Crippen LogP contribution in [0.25, 0.3) is 11.3 Å². The van der Waals surface area contributed by atoms with Crippen LogP contribution in [0.1, 0.15) is 39.7 Å². The molecule has 7 rings (SSSR count). The highest BCUT2D eigenvalue weighted by Crippen LogP contribution is 2.49. The van der Waals surface area contributed by atoms with Crippen LogP contribution in [0.15, 0.2) is 91.5 Å². The van der Waals surface area contributed by atoms with Gasteiger partial charge in [-0.15, -0.1) is 5.10 Å². The van der Waals surface area contributed by atoms with Gasteiger partial charge in [-0.05, 0) is 36.2 Å². The second kappa shape index (κ2) is 8.13. The second-order valence-corrected chi connectivity index (χ2v) is 8.80. The van der Waals surface area contributed by atoms with E-state index >= 15 is 0 Å². The Morgan fingerprint density at radius 3 is 2.47 bits per heavy atom. The van der Waals surface area contributed by atoms with Crippen molar-refractivity contribution in [1.29, 1.82) is 0 Å². The topological polar surface area (TPSA) is 83.0 Å². The molecule has 1 aliphatic rings. The van der Waals surface area contributed by atoms with Gasteiger partial charge in [0.15, 0.2) is 11.5 Å². The highest BCUT2D eigenvalue weighted by Gasteiger charge is 2.38. The molecule has 0 N–H and O–H groups in total. The summed E-state index contributed by atoms with van der Waals surface area (Å²) in [5, 5.41) is 9.59. The Bertz CT molecular complexity index is 1690. The van der Waals surface area contributed by atoms with Crippen LogP contribution >= 0.6 is 0 Å². The lowest BCUT2D eigenvalue weighted by atomic mass is 9.85. The fraction of sp³-hybridized carbons (Fsp3) is 0.107. The highest BCUT2D eigenvalue weighted by molar-refractivity contribution is 5.66. The van der Waals surface area contributed by atoms with Gasteiger partial charge in [-0.3, -0.25) is 4.98 Å². The molecular formula is C28H21N7O. The van der Waals surface area contributed by atoms with Crippen molar-refractivity contribution < 1.29 is 4.74 Å². The molecule has 8 nitrogen and oxygen atoms in total. The van der Waals surface area contributed by atoms with Crippen molar-refractivity contribution in [3.05, 3.63) is 125 Å². The predicted octanol–water partition coefficient (Wildman–Crippen LogP) is 4.89. The largest absolute Gasteiger partial charge is 0.420 e. The summed E-state index contributed by atoms with van der Waals surface area (Å²) in [7, 11) is 0. The molecule has 0 bridgehead atoms. The number of benzene rings is 2. The third-order valence-electron chi connectivity index (χ3n) is 6.49. The number of fused-ring (bicyclic) bond motifs is 4. The number of aromatic nitrogens is 7. The average molecular weight is 472 g/mol. The quantitative estimate of drug-likeness (QED) is 0.364. The van der Waals surface area contributed by atoms with E-state index in [1.165, 1.54) is 0 Å². The van der Waals surface area contributed by atoms with E-state index in [2.05, 4.69) is 28.2 Å². The molecule has 0 saturated carbocycles. The van der Waals surface area contributed by atoms with E-state index < -0.39 is 0 Å². The van der Waals surface area contributed by atoms with E-state index in [1.807, 2.05) is 72.4 Å². The molecule has 1 aliphatic heterocycles. The van der Waals surface area contributed by atoms with E-state index in [0.717, 1.165) is 45.1 Å². The summed E-state index contributed by atoms with van der Waals surface area (Å²) in [5.41, 5.74) is 6.52. The third kappa shape index (κ3) is 3.26. The summed E-state index contributed by atoms with van der Waals surface area (Å²) in [6.07, 6.45) is 5.95. The molecule has 36 heavy (non-hydrogen) atoms. The number of hydrogen-bond acceptors (Lipinski definition) is 6. The van der Waals surface area contributed by atoms with Gasteiger partial charge < -0.3 is 4.74 Å². The lowest BCUT2D eigenvalue weighted by molar-refractivity contribution is 0.402. The molecule has 0 fully saturated rings. The van der Waals surface area contributed by atoms with Gasteiger partial charge in [-0.1, -0.05) is 54.6 Å². The highest BCUT2D eigenvalue weighted by atomic mass is 16.5. The van der Waals surface area contributed by atoms with Crippen LogP contribution in [-0.4, -0.2) is 34.3 Å². The van der Waals surface area contributed by atoms with Crippen LogP contribution in [0.4, 0.5) is 0 Å². The Morgan fingerprint density at radius 2 is 1.69 bits per heavy atom. The van der Waals surface area contributed by atoms with Gasteiger partial charge in [0.05, 0.1) is 28.4 Å². The van der Waals surface area contributed by atoms with E-state index in [9.17, 15) is 0 Å². The molecule has 0 aliphatic carbocycles. The van der Waals surface area contributed by atoms with Gasteiger partial charge in [0, 0.05) is 18.8 Å². The molecular weight excluding hydrogens is 450 g/mol. The maximum atomic E-state index is 6.46. The molecule has 5 heterocycles. The van der Waals surface area contributed by atoms with E-state index in [-0.39, 0.29) is 5.92 Å². The summed E-state index contributed by atoms with van der Waals surface area (Å²) in [6, 6.07) is 24.2. The van der Waals surface area contributed by atoms with Gasteiger partial charge in [0.25, 0.3) is 0 Å². The second-order valence-electron chi connectivity index (χ2n) is 8.80. The third-order valence-corrected chi connectivity index (χ3v) is 6.49. The Balaban J connectivity index is 1.44. The van der Waals surface area contributed by atoms with Crippen LogP contribution in [0.5, 0.6) is 11.8 Å².